The first kappa shape index (κ1) is 25.9. The van der Waals surface area contributed by atoms with E-state index in [1.807, 2.05) is 61.7 Å². The number of nitrogens with zero attached hydrogens (tertiary/aromatic N) is 1. The van der Waals surface area contributed by atoms with Crippen LogP contribution in [0.5, 0.6) is 0 Å². The lowest BCUT2D eigenvalue weighted by molar-refractivity contribution is -0.119. The van der Waals surface area contributed by atoms with E-state index >= 15 is 0 Å². The van der Waals surface area contributed by atoms with E-state index in [-0.39, 0.29) is 17.7 Å². The first-order valence-corrected chi connectivity index (χ1v) is 12.4. The number of thiazole rings is 1. The number of nitrogens with one attached hydrogen (secondary N) is 4. The Labute approximate surface area is 209 Å². The van der Waals surface area contributed by atoms with Gasteiger partial charge in [-0.05, 0) is 36.5 Å². The van der Waals surface area contributed by atoms with E-state index in [2.05, 4.69) is 26.3 Å². The van der Waals surface area contributed by atoms with Crippen molar-refractivity contribution in [3.8, 4) is 11.3 Å². The number of para-hydroxylation sites is 1. The van der Waals surface area contributed by atoms with Gasteiger partial charge in [0.1, 0.15) is 6.04 Å². The molecule has 35 heavy (non-hydrogen) atoms. The summed E-state index contributed by atoms with van der Waals surface area (Å²) in [7, 11) is 0. The molecule has 0 aliphatic heterocycles. The fraction of sp³-hybridized carbons (Fsp3) is 0.308. The van der Waals surface area contributed by atoms with Crippen molar-refractivity contribution in [1.29, 1.82) is 0 Å². The number of amides is 4. The van der Waals surface area contributed by atoms with Crippen molar-refractivity contribution in [3.05, 3.63) is 65.5 Å². The van der Waals surface area contributed by atoms with Crippen molar-refractivity contribution in [2.24, 2.45) is 5.92 Å². The molecule has 0 spiro atoms. The van der Waals surface area contributed by atoms with Crippen LogP contribution in [0.2, 0.25) is 0 Å². The second kappa shape index (κ2) is 12.7. The molecule has 0 bridgehead atoms. The lowest BCUT2D eigenvalue weighted by Crippen LogP contribution is -2.48. The minimum atomic E-state index is -0.720. The Balaban J connectivity index is 1.55. The summed E-state index contributed by atoms with van der Waals surface area (Å²) in [5.74, 6) is -0.453. The number of aromatic nitrogens is 1. The number of anilines is 2. The zero-order valence-electron chi connectivity index (χ0n) is 20.1. The molecule has 9 heteroatoms. The predicted molar refractivity (Wildman–Crippen MR) is 140 cm³/mol. The van der Waals surface area contributed by atoms with Gasteiger partial charge in [0.25, 0.3) is 0 Å². The van der Waals surface area contributed by atoms with Crippen LogP contribution in [0.1, 0.15) is 32.8 Å². The fourth-order valence-electron chi connectivity index (χ4n) is 3.41. The van der Waals surface area contributed by atoms with Gasteiger partial charge >= 0.3 is 6.03 Å². The second-order valence-electron chi connectivity index (χ2n) is 8.50. The molecule has 4 N–H and O–H groups in total. The van der Waals surface area contributed by atoms with Crippen LogP contribution in [0.3, 0.4) is 0 Å². The summed E-state index contributed by atoms with van der Waals surface area (Å²) in [5.41, 5.74) is 3.55. The van der Waals surface area contributed by atoms with Crippen molar-refractivity contribution in [2.45, 2.75) is 39.7 Å². The number of rotatable bonds is 10. The third-order valence-corrected chi connectivity index (χ3v) is 6.03. The maximum absolute atomic E-state index is 12.9. The Bertz CT molecular complexity index is 1130. The molecule has 4 amide bonds. The van der Waals surface area contributed by atoms with Crippen LogP contribution in [0.4, 0.5) is 15.6 Å². The molecule has 3 rings (SSSR count). The summed E-state index contributed by atoms with van der Waals surface area (Å²) in [4.78, 5) is 40.8. The first-order valence-electron chi connectivity index (χ1n) is 11.5. The quantitative estimate of drug-likeness (QED) is 0.308. The smallest absolute Gasteiger partial charge is 0.319 e. The van der Waals surface area contributed by atoms with Gasteiger partial charge in [0.15, 0.2) is 5.13 Å². The molecular weight excluding hydrogens is 462 g/mol. The average molecular weight is 494 g/mol. The van der Waals surface area contributed by atoms with Crippen molar-refractivity contribution in [3.63, 3.8) is 0 Å². The highest BCUT2D eigenvalue weighted by Crippen LogP contribution is 2.25. The topological polar surface area (TPSA) is 112 Å². The molecule has 3 aromatic rings. The van der Waals surface area contributed by atoms with Gasteiger partial charge < -0.3 is 21.3 Å². The number of benzene rings is 2. The molecule has 1 unspecified atom stereocenters. The molecule has 8 nitrogen and oxygen atoms in total. The van der Waals surface area contributed by atoms with Gasteiger partial charge in [-0.25, -0.2) is 9.78 Å². The van der Waals surface area contributed by atoms with Crippen LogP contribution in [-0.4, -0.2) is 35.4 Å². The van der Waals surface area contributed by atoms with Crippen LogP contribution in [0.15, 0.2) is 60.0 Å². The molecule has 0 saturated heterocycles. The second-order valence-corrected chi connectivity index (χ2v) is 9.35. The van der Waals surface area contributed by atoms with Crippen LogP contribution < -0.4 is 21.3 Å². The zero-order valence-corrected chi connectivity index (χ0v) is 20.9. The van der Waals surface area contributed by atoms with E-state index in [1.54, 1.807) is 12.1 Å². The van der Waals surface area contributed by atoms with Crippen LogP contribution in [-0.2, 0) is 16.0 Å². The molecule has 1 heterocycles. The van der Waals surface area contributed by atoms with Gasteiger partial charge in [0, 0.05) is 30.1 Å². The number of carbonyl (C=O) groups excluding carboxylic acids is 3. The fourth-order valence-corrected chi connectivity index (χ4v) is 4.13. The van der Waals surface area contributed by atoms with Gasteiger partial charge in [-0.1, -0.05) is 56.3 Å². The van der Waals surface area contributed by atoms with Crippen molar-refractivity contribution in [2.75, 3.05) is 17.2 Å². The van der Waals surface area contributed by atoms with E-state index < -0.39 is 12.1 Å². The molecular formula is C26H31N5O3S. The SMILES string of the molecule is CC(=O)NCCCc1ccc(-c2csc(NC(=O)C(NC(=O)Nc3ccccc3)C(C)C)n2)cc1. The third-order valence-electron chi connectivity index (χ3n) is 5.27. The zero-order chi connectivity index (χ0) is 25.2. The maximum atomic E-state index is 12.9. The number of carbonyl (C=O) groups is 3. The predicted octanol–water partition coefficient (Wildman–Crippen LogP) is 4.66. The Morgan fingerprint density at radius 2 is 1.69 bits per heavy atom. The molecule has 0 aliphatic rings. The maximum Gasteiger partial charge on any atom is 0.319 e. The Morgan fingerprint density at radius 1 is 0.971 bits per heavy atom. The first-order chi connectivity index (χ1) is 16.8. The van der Waals surface area contributed by atoms with Crippen molar-refractivity contribution >= 4 is 40.0 Å². The van der Waals surface area contributed by atoms with Gasteiger partial charge in [-0.3, -0.25) is 9.59 Å². The standard InChI is InChI=1S/C26H31N5O3S/c1-17(2)23(30-25(34)28-21-9-5-4-6-10-21)24(33)31-26-29-22(16-35-26)20-13-11-19(12-14-20)8-7-15-27-18(3)32/h4-6,9-14,16-17,23H,7-8,15H2,1-3H3,(H,27,32)(H2,28,30,34)(H,29,31,33). The van der Waals surface area contributed by atoms with Gasteiger partial charge in [0.2, 0.25) is 11.8 Å². The monoisotopic (exact) mass is 493 g/mol. The molecule has 0 saturated carbocycles. The average Bonchev–Trinajstić information content (AvgIpc) is 3.29. The highest BCUT2D eigenvalue weighted by atomic mass is 32.1. The Hall–Kier alpha value is -3.72. The normalized spacial score (nSPS) is 11.5. The number of aryl methyl sites for hydroxylation is 1. The van der Waals surface area contributed by atoms with E-state index in [4.69, 9.17) is 0 Å². The molecule has 0 radical (unpaired) electrons. The van der Waals surface area contributed by atoms with Crippen molar-refractivity contribution in [1.82, 2.24) is 15.6 Å². The highest BCUT2D eigenvalue weighted by molar-refractivity contribution is 7.14. The molecule has 184 valence electrons. The Kier molecular flexibility index (Phi) is 9.37. The minimum absolute atomic E-state index is 0.0160. The number of urea groups is 1. The van der Waals surface area contributed by atoms with E-state index in [0.29, 0.717) is 17.4 Å². The number of hydrogen-bond donors (Lipinski definition) is 4. The number of hydrogen-bond acceptors (Lipinski definition) is 5. The van der Waals surface area contributed by atoms with Gasteiger partial charge in [0.05, 0.1) is 5.69 Å². The summed E-state index contributed by atoms with van der Waals surface area (Å²) in [6.45, 7) is 5.92. The van der Waals surface area contributed by atoms with Crippen LogP contribution in [0, 0.1) is 5.92 Å². The van der Waals surface area contributed by atoms with E-state index in [0.717, 1.165) is 24.1 Å². The Morgan fingerprint density at radius 3 is 2.34 bits per heavy atom. The molecule has 2 aromatic carbocycles. The summed E-state index contributed by atoms with van der Waals surface area (Å²) in [6, 6.07) is 16.0. The van der Waals surface area contributed by atoms with E-state index in [9.17, 15) is 14.4 Å². The summed E-state index contributed by atoms with van der Waals surface area (Å²) in [5, 5.41) is 13.5. The lowest BCUT2D eigenvalue weighted by Gasteiger charge is -2.21. The van der Waals surface area contributed by atoms with Crippen LogP contribution >= 0.6 is 11.3 Å². The lowest BCUT2D eigenvalue weighted by atomic mass is 10.0. The van der Waals surface area contributed by atoms with Crippen molar-refractivity contribution < 1.29 is 14.4 Å². The largest absolute Gasteiger partial charge is 0.356 e. The third kappa shape index (κ3) is 8.22. The molecule has 0 fully saturated rings. The van der Waals surface area contributed by atoms with Crippen LogP contribution in [0.25, 0.3) is 11.3 Å². The molecule has 0 aliphatic carbocycles. The van der Waals surface area contributed by atoms with Gasteiger partial charge in [-0.2, -0.15) is 0 Å². The molecule has 1 aromatic heterocycles. The summed E-state index contributed by atoms with van der Waals surface area (Å²) < 4.78 is 0. The highest BCUT2D eigenvalue weighted by Gasteiger charge is 2.25. The van der Waals surface area contributed by atoms with E-state index in [1.165, 1.54) is 23.8 Å². The summed E-state index contributed by atoms with van der Waals surface area (Å²) >= 11 is 1.34. The van der Waals surface area contributed by atoms with Gasteiger partial charge in [-0.15, -0.1) is 11.3 Å². The summed E-state index contributed by atoms with van der Waals surface area (Å²) in [6.07, 6.45) is 1.75. The minimum Gasteiger partial charge on any atom is -0.356 e. The molecule has 1 atom stereocenters.